The predicted molar refractivity (Wildman–Crippen MR) is 195 cm³/mol. The highest BCUT2D eigenvalue weighted by molar-refractivity contribution is 6.30. The van der Waals surface area contributed by atoms with Crippen molar-refractivity contribution in [3.63, 3.8) is 0 Å². The summed E-state index contributed by atoms with van der Waals surface area (Å²) in [6.07, 6.45) is 14.2. The molecular formula is C42H45ClN2O4. The monoisotopic (exact) mass is 676 g/mol. The van der Waals surface area contributed by atoms with Gasteiger partial charge in [-0.15, -0.1) is 0 Å². The van der Waals surface area contributed by atoms with Crippen LogP contribution in [0.1, 0.15) is 115 Å². The van der Waals surface area contributed by atoms with Crippen molar-refractivity contribution in [2.45, 2.75) is 101 Å². The van der Waals surface area contributed by atoms with Crippen molar-refractivity contribution in [3.8, 4) is 0 Å². The van der Waals surface area contributed by atoms with Gasteiger partial charge in [-0.3, -0.25) is 14.4 Å². The van der Waals surface area contributed by atoms with Crippen LogP contribution in [0, 0.1) is 0 Å². The van der Waals surface area contributed by atoms with Crippen LogP contribution < -0.4 is 10.7 Å². The molecule has 1 aromatic heterocycles. The third-order valence-electron chi connectivity index (χ3n) is 10.8. The van der Waals surface area contributed by atoms with Gasteiger partial charge in [-0.05, 0) is 116 Å². The Balaban J connectivity index is 1.07. The molecule has 2 aliphatic carbocycles. The summed E-state index contributed by atoms with van der Waals surface area (Å²) in [6.45, 7) is 1.53. The van der Waals surface area contributed by atoms with Gasteiger partial charge in [-0.2, -0.15) is 0 Å². The van der Waals surface area contributed by atoms with Crippen molar-refractivity contribution in [1.29, 1.82) is 0 Å². The van der Waals surface area contributed by atoms with Crippen LogP contribution in [0.25, 0.3) is 11.0 Å². The summed E-state index contributed by atoms with van der Waals surface area (Å²) in [4.78, 5) is 41.4. The lowest BCUT2D eigenvalue weighted by atomic mass is 9.79. The first kappa shape index (κ1) is 33.3. The number of hydrogen-bond acceptors (Lipinski definition) is 4. The quantitative estimate of drug-likeness (QED) is 0.179. The van der Waals surface area contributed by atoms with E-state index in [1.165, 1.54) is 41.2 Å². The van der Waals surface area contributed by atoms with Crippen LogP contribution >= 0.6 is 11.6 Å². The second-order valence-corrected chi connectivity index (χ2v) is 14.6. The summed E-state index contributed by atoms with van der Waals surface area (Å²) < 4.78 is 6.04. The summed E-state index contributed by atoms with van der Waals surface area (Å²) >= 11 is 6.17. The minimum Gasteiger partial charge on any atom is -0.451 e. The van der Waals surface area contributed by atoms with Crippen molar-refractivity contribution in [2.24, 2.45) is 0 Å². The number of benzene rings is 3. The average molecular weight is 677 g/mol. The van der Waals surface area contributed by atoms with Crippen LogP contribution in [0.5, 0.6) is 0 Å². The van der Waals surface area contributed by atoms with E-state index in [-0.39, 0.29) is 23.1 Å². The molecule has 0 unspecified atom stereocenters. The van der Waals surface area contributed by atoms with Gasteiger partial charge < -0.3 is 14.6 Å². The molecule has 2 amide bonds. The van der Waals surface area contributed by atoms with E-state index >= 15 is 0 Å². The van der Waals surface area contributed by atoms with E-state index in [1.807, 2.05) is 47.4 Å². The third-order valence-corrected chi connectivity index (χ3v) is 11.1. The molecule has 254 valence electrons. The number of rotatable bonds is 9. The molecule has 3 aliphatic rings. The zero-order valence-corrected chi connectivity index (χ0v) is 28.9. The normalized spacial score (nSPS) is 19.3. The Bertz CT molecular complexity index is 1900. The summed E-state index contributed by atoms with van der Waals surface area (Å²) in [7, 11) is 0. The smallest absolute Gasteiger partial charge is 0.287 e. The number of nitrogens with zero attached hydrogens (tertiary/aromatic N) is 1. The van der Waals surface area contributed by atoms with E-state index in [0.29, 0.717) is 47.2 Å². The van der Waals surface area contributed by atoms with Crippen LogP contribution in [-0.4, -0.2) is 29.3 Å². The summed E-state index contributed by atoms with van der Waals surface area (Å²) in [5, 5.41) is 4.37. The first-order valence-electron chi connectivity index (χ1n) is 18.1. The maximum Gasteiger partial charge on any atom is 0.287 e. The lowest BCUT2D eigenvalue weighted by Gasteiger charge is -2.31. The molecule has 7 rings (SSSR count). The lowest BCUT2D eigenvalue weighted by Crippen LogP contribution is -2.36. The van der Waals surface area contributed by atoms with Crippen molar-refractivity contribution in [1.82, 2.24) is 10.2 Å². The Hall–Kier alpha value is -4.16. The van der Waals surface area contributed by atoms with Gasteiger partial charge in [0, 0.05) is 30.6 Å². The second kappa shape index (κ2) is 15.2. The fourth-order valence-corrected chi connectivity index (χ4v) is 8.25. The highest BCUT2D eigenvalue weighted by Gasteiger charge is 2.25. The lowest BCUT2D eigenvalue weighted by molar-refractivity contribution is -0.133. The first-order chi connectivity index (χ1) is 23.9. The van der Waals surface area contributed by atoms with Crippen LogP contribution in [0.2, 0.25) is 5.02 Å². The van der Waals surface area contributed by atoms with Crippen LogP contribution in [0.15, 0.2) is 93.7 Å². The third kappa shape index (κ3) is 8.02. The van der Waals surface area contributed by atoms with Gasteiger partial charge in [0.1, 0.15) is 5.58 Å². The van der Waals surface area contributed by atoms with Gasteiger partial charge in [-0.1, -0.05) is 78.6 Å². The molecule has 0 radical (unpaired) electrons. The molecule has 0 bridgehead atoms. The fraction of sp³-hybridized carbons (Fsp3) is 0.405. The minimum atomic E-state index is -0.399. The Morgan fingerprint density at radius 1 is 0.878 bits per heavy atom. The highest BCUT2D eigenvalue weighted by Crippen LogP contribution is 2.38. The highest BCUT2D eigenvalue weighted by atomic mass is 35.5. The maximum absolute atomic E-state index is 13.7. The van der Waals surface area contributed by atoms with Gasteiger partial charge in [-0.25, -0.2) is 0 Å². The Morgan fingerprint density at radius 2 is 1.65 bits per heavy atom. The van der Waals surface area contributed by atoms with Crippen molar-refractivity contribution in [3.05, 3.63) is 128 Å². The van der Waals surface area contributed by atoms with Crippen molar-refractivity contribution < 1.29 is 14.0 Å². The summed E-state index contributed by atoms with van der Waals surface area (Å²) in [6, 6.07) is 23.2. The molecule has 1 N–H and O–H groups in total. The molecule has 4 aromatic rings. The standard InChI is InChI=1S/C42H45ClN2O4/c43-34-19-14-29(15-20-34)24-35(44-42(48)40-26-38(46)37-25-32(18-21-39(37)49-40)30-7-1-2-8-30)23-28-12-16-31(17-13-28)36-10-4-3-9-33(36)27-45-22-6-5-11-41(45)47/h3-4,9-10,14-15,18-21,23,25-26,30-31,35H,1-2,5-8,11-13,16-17,22,24,27H2,(H,44,48)/t31?,35-/m0/s1. The Morgan fingerprint density at radius 3 is 2.43 bits per heavy atom. The molecule has 2 saturated carbocycles. The molecule has 1 aliphatic heterocycles. The predicted octanol–water partition coefficient (Wildman–Crippen LogP) is 9.24. The van der Waals surface area contributed by atoms with Crippen LogP contribution in [0.3, 0.4) is 0 Å². The van der Waals surface area contributed by atoms with E-state index in [0.717, 1.165) is 63.5 Å². The fourth-order valence-electron chi connectivity index (χ4n) is 8.13. The zero-order chi connectivity index (χ0) is 33.7. The first-order valence-corrected chi connectivity index (χ1v) is 18.5. The topological polar surface area (TPSA) is 79.6 Å². The molecule has 1 saturated heterocycles. The Labute approximate surface area is 293 Å². The van der Waals surface area contributed by atoms with E-state index in [2.05, 4.69) is 35.7 Å². The number of carbonyl (C=O) groups is 2. The van der Waals surface area contributed by atoms with E-state index in [4.69, 9.17) is 16.0 Å². The molecule has 49 heavy (non-hydrogen) atoms. The summed E-state index contributed by atoms with van der Waals surface area (Å²) in [5.74, 6) is 0.810. The van der Waals surface area contributed by atoms with Gasteiger partial charge in [0.05, 0.1) is 11.4 Å². The number of piperidine rings is 1. The minimum absolute atomic E-state index is 0.0260. The number of nitrogens with one attached hydrogen (secondary N) is 1. The SMILES string of the molecule is O=C(N[C@@H](C=C1CCC(c2ccccc2CN2CCCCC2=O)CC1)Cc1ccc(Cl)cc1)c1cc(=O)c2cc(C3CCCC3)ccc2o1. The number of hydrogen-bond donors (Lipinski definition) is 1. The van der Waals surface area contributed by atoms with Crippen molar-refractivity contribution in [2.75, 3.05) is 6.54 Å². The van der Waals surface area contributed by atoms with E-state index in [9.17, 15) is 14.4 Å². The number of carbonyl (C=O) groups excluding carboxylic acids is 2. The molecule has 7 heteroatoms. The second-order valence-electron chi connectivity index (χ2n) is 14.2. The molecule has 3 fully saturated rings. The van der Waals surface area contributed by atoms with Gasteiger partial charge in [0.2, 0.25) is 5.91 Å². The molecule has 2 heterocycles. The zero-order valence-electron chi connectivity index (χ0n) is 28.1. The number of allylic oxidation sites excluding steroid dienone is 1. The number of likely N-dealkylation sites (tertiary alicyclic amines) is 1. The van der Waals surface area contributed by atoms with Gasteiger partial charge in [0.25, 0.3) is 5.91 Å². The average Bonchev–Trinajstić information content (AvgIpc) is 3.66. The number of fused-ring (bicyclic) bond motifs is 1. The maximum atomic E-state index is 13.7. The van der Waals surface area contributed by atoms with Gasteiger partial charge >= 0.3 is 0 Å². The van der Waals surface area contributed by atoms with Gasteiger partial charge in [0.15, 0.2) is 11.2 Å². The molecule has 0 spiro atoms. The molecule has 1 atom stereocenters. The summed E-state index contributed by atoms with van der Waals surface area (Å²) in [5.41, 5.74) is 6.42. The van der Waals surface area contributed by atoms with Crippen LogP contribution in [-0.2, 0) is 17.8 Å². The van der Waals surface area contributed by atoms with Crippen molar-refractivity contribution >= 4 is 34.4 Å². The molecule has 3 aromatic carbocycles. The van der Waals surface area contributed by atoms with E-state index < -0.39 is 5.91 Å². The number of amides is 2. The largest absolute Gasteiger partial charge is 0.451 e. The Kier molecular flexibility index (Phi) is 10.3. The van der Waals surface area contributed by atoms with Crippen LogP contribution in [0.4, 0.5) is 0 Å². The number of halogens is 1. The molecular weight excluding hydrogens is 632 g/mol. The van der Waals surface area contributed by atoms with E-state index in [1.54, 1.807) is 0 Å². The molecule has 6 nitrogen and oxygen atoms in total.